The fourth-order valence-corrected chi connectivity index (χ4v) is 2.14. The Hall–Kier alpha value is -0.610. The van der Waals surface area contributed by atoms with Crippen molar-refractivity contribution in [2.75, 3.05) is 20.7 Å². The van der Waals surface area contributed by atoms with Gasteiger partial charge in [0.2, 0.25) is 0 Å². The number of rotatable bonds is 7. The van der Waals surface area contributed by atoms with Crippen LogP contribution in [0.4, 0.5) is 4.39 Å². The molecule has 17 heavy (non-hydrogen) atoms. The largest absolute Gasteiger partial charge is 0.496 e. The fourth-order valence-electron chi connectivity index (χ4n) is 1.75. The molecule has 1 aromatic rings. The first-order chi connectivity index (χ1) is 8.19. The zero-order valence-corrected chi connectivity index (χ0v) is 11.9. The van der Waals surface area contributed by atoms with E-state index in [0.29, 0.717) is 10.2 Å². The van der Waals surface area contributed by atoms with Crippen LogP contribution in [0, 0.1) is 5.82 Å². The van der Waals surface area contributed by atoms with Crippen molar-refractivity contribution in [3.8, 4) is 5.75 Å². The van der Waals surface area contributed by atoms with Crippen LogP contribution in [0.25, 0.3) is 0 Å². The number of hydrogen-bond donors (Lipinski definition) is 1. The van der Waals surface area contributed by atoms with Gasteiger partial charge in [0.25, 0.3) is 0 Å². The predicted octanol–water partition coefficient (Wildman–Crippen LogP) is 3.53. The van der Waals surface area contributed by atoms with Crippen molar-refractivity contribution in [2.45, 2.75) is 25.7 Å². The Balaban J connectivity index is 2.54. The summed E-state index contributed by atoms with van der Waals surface area (Å²) in [5.74, 6) is 0.361. The molecule has 1 aromatic carbocycles. The zero-order chi connectivity index (χ0) is 12.7. The van der Waals surface area contributed by atoms with E-state index in [-0.39, 0.29) is 5.82 Å². The Labute approximate surface area is 111 Å². The highest BCUT2D eigenvalue weighted by atomic mass is 79.9. The highest BCUT2D eigenvalue weighted by molar-refractivity contribution is 9.10. The number of ether oxygens (including phenoxy) is 1. The van der Waals surface area contributed by atoms with Crippen molar-refractivity contribution >= 4 is 15.9 Å². The molecule has 0 atom stereocenters. The van der Waals surface area contributed by atoms with E-state index in [4.69, 9.17) is 4.74 Å². The van der Waals surface area contributed by atoms with Crippen LogP contribution in [0.2, 0.25) is 0 Å². The maximum atomic E-state index is 13.3. The minimum absolute atomic E-state index is 0.277. The minimum Gasteiger partial charge on any atom is -0.496 e. The lowest BCUT2D eigenvalue weighted by Crippen LogP contribution is -2.07. The summed E-state index contributed by atoms with van der Waals surface area (Å²) >= 11 is 3.20. The van der Waals surface area contributed by atoms with Gasteiger partial charge in [0.1, 0.15) is 11.6 Å². The van der Waals surface area contributed by atoms with E-state index in [1.165, 1.54) is 18.9 Å². The second kappa shape index (κ2) is 7.67. The first-order valence-electron chi connectivity index (χ1n) is 5.85. The molecule has 0 aliphatic heterocycles. The molecule has 4 heteroatoms. The molecule has 0 saturated carbocycles. The van der Waals surface area contributed by atoms with E-state index >= 15 is 0 Å². The van der Waals surface area contributed by atoms with E-state index in [1.807, 2.05) is 13.1 Å². The molecule has 0 amide bonds. The Morgan fingerprint density at radius 3 is 2.71 bits per heavy atom. The zero-order valence-electron chi connectivity index (χ0n) is 10.4. The Morgan fingerprint density at radius 2 is 2.06 bits per heavy atom. The number of benzene rings is 1. The summed E-state index contributed by atoms with van der Waals surface area (Å²) in [7, 11) is 3.54. The van der Waals surface area contributed by atoms with Crippen LogP contribution in [-0.4, -0.2) is 20.7 Å². The van der Waals surface area contributed by atoms with E-state index in [2.05, 4.69) is 21.2 Å². The first kappa shape index (κ1) is 14.5. The lowest BCUT2D eigenvalue weighted by Gasteiger charge is -2.09. The molecule has 0 radical (unpaired) electrons. The molecule has 0 fully saturated rings. The molecule has 0 aliphatic rings. The van der Waals surface area contributed by atoms with Gasteiger partial charge in [-0.2, -0.15) is 0 Å². The number of methoxy groups -OCH3 is 1. The Kier molecular flexibility index (Phi) is 6.52. The number of aryl methyl sites for hydroxylation is 1. The van der Waals surface area contributed by atoms with Crippen LogP contribution in [0.15, 0.2) is 16.6 Å². The van der Waals surface area contributed by atoms with Crippen LogP contribution >= 0.6 is 15.9 Å². The summed E-state index contributed by atoms with van der Waals surface area (Å²) in [4.78, 5) is 0. The van der Waals surface area contributed by atoms with E-state index in [9.17, 15) is 4.39 Å². The molecule has 0 heterocycles. The molecule has 1 rings (SSSR count). The van der Waals surface area contributed by atoms with Gasteiger partial charge in [-0.1, -0.05) is 6.42 Å². The van der Waals surface area contributed by atoms with Gasteiger partial charge in [-0.3, -0.25) is 0 Å². The third kappa shape index (κ3) is 4.64. The minimum atomic E-state index is -0.277. The molecule has 0 unspecified atom stereocenters. The van der Waals surface area contributed by atoms with Crippen LogP contribution in [0.1, 0.15) is 24.8 Å². The molecule has 2 nitrogen and oxygen atoms in total. The molecular formula is C13H19BrFNO. The van der Waals surface area contributed by atoms with Crippen LogP contribution in [0.3, 0.4) is 0 Å². The third-order valence-electron chi connectivity index (χ3n) is 2.70. The third-order valence-corrected chi connectivity index (χ3v) is 3.30. The van der Waals surface area contributed by atoms with Gasteiger partial charge >= 0.3 is 0 Å². The van der Waals surface area contributed by atoms with Gasteiger partial charge in [0.05, 0.1) is 11.6 Å². The summed E-state index contributed by atoms with van der Waals surface area (Å²) in [5.41, 5.74) is 1.06. The quantitative estimate of drug-likeness (QED) is 0.778. The monoisotopic (exact) mass is 303 g/mol. The summed E-state index contributed by atoms with van der Waals surface area (Å²) in [6.45, 7) is 1.05. The van der Waals surface area contributed by atoms with Gasteiger partial charge in [0.15, 0.2) is 0 Å². The molecule has 0 bridgehead atoms. The van der Waals surface area contributed by atoms with Gasteiger partial charge in [0, 0.05) is 6.07 Å². The summed E-state index contributed by atoms with van der Waals surface area (Å²) in [6.07, 6.45) is 4.35. The average molecular weight is 304 g/mol. The second-order valence-corrected chi connectivity index (χ2v) is 4.85. The summed E-state index contributed by atoms with van der Waals surface area (Å²) < 4.78 is 19.0. The van der Waals surface area contributed by atoms with E-state index in [1.54, 1.807) is 7.11 Å². The summed E-state index contributed by atoms with van der Waals surface area (Å²) in [6, 6.07) is 3.25. The highest BCUT2D eigenvalue weighted by Gasteiger charge is 2.08. The molecule has 0 saturated heterocycles. The molecule has 0 aromatic heterocycles. The van der Waals surface area contributed by atoms with Gasteiger partial charge in [-0.15, -0.1) is 0 Å². The second-order valence-electron chi connectivity index (χ2n) is 3.99. The van der Waals surface area contributed by atoms with Crippen molar-refractivity contribution in [1.82, 2.24) is 5.32 Å². The van der Waals surface area contributed by atoms with E-state index in [0.717, 1.165) is 24.9 Å². The topological polar surface area (TPSA) is 21.3 Å². The van der Waals surface area contributed by atoms with Crippen molar-refractivity contribution < 1.29 is 9.13 Å². The number of halogens is 2. The number of nitrogens with one attached hydrogen (secondary N) is 1. The van der Waals surface area contributed by atoms with Crippen molar-refractivity contribution in [1.29, 1.82) is 0 Å². The van der Waals surface area contributed by atoms with Crippen molar-refractivity contribution in [3.63, 3.8) is 0 Å². The van der Waals surface area contributed by atoms with Gasteiger partial charge in [-0.05, 0) is 60.4 Å². The Bertz CT molecular complexity index is 358. The molecule has 96 valence electrons. The molecular weight excluding hydrogens is 285 g/mol. The average Bonchev–Trinajstić information content (AvgIpc) is 2.33. The van der Waals surface area contributed by atoms with Crippen LogP contribution in [-0.2, 0) is 6.42 Å². The number of unbranched alkanes of at least 4 members (excludes halogenated alkanes) is 2. The van der Waals surface area contributed by atoms with Crippen LogP contribution < -0.4 is 10.1 Å². The lowest BCUT2D eigenvalue weighted by molar-refractivity contribution is 0.405. The Morgan fingerprint density at radius 1 is 1.29 bits per heavy atom. The first-order valence-corrected chi connectivity index (χ1v) is 6.65. The smallest absolute Gasteiger partial charge is 0.141 e. The maximum Gasteiger partial charge on any atom is 0.141 e. The van der Waals surface area contributed by atoms with Gasteiger partial charge < -0.3 is 10.1 Å². The van der Waals surface area contributed by atoms with Crippen molar-refractivity contribution in [3.05, 3.63) is 28.0 Å². The highest BCUT2D eigenvalue weighted by Crippen LogP contribution is 2.27. The standard InChI is InChI=1S/C13H19BrFNO/c1-16-7-5-3-4-6-10-8-11(14)12(15)9-13(10)17-2/h8-9,16H,3-7H2,1-2H3. The predicted molar refractivity (Wildman–Crippen MR) is 72.1 cm³/mol. The summed E-state index contributed by atoms with van der Waals surface area (Å²) in [5, 5.41) is 3.12. The number of hydrogen-bond acceptors (Lipinski definition) is 2. The van der Waals surface area contributed by atoms with Crippen molar-refractivity contribution in [2.24, 2.45) is 0 Å². The maximum absolute atomic E-state index is 13.3. The molecule has 0 aliphatic carbocycles. The van der Waals surface area contributed by atoms with Gasteiger partial charge in [-0.25, -0.2) is 4.39 Å². The molecule has 0 spiro atoms. The lowest BCUT2D eigenvalue weighted by atomic mass is 10.1. The van der Waals surface area contributed by atoms with Crippen LogP contribution in [0.5, 0.6) is 5.75 Å². The fraction of sp³-hybridized carbons (Fsp3) is 0.538. The SMILES string of the molecule is CNCCCCCc1cc(Br)c(F)cc1OC. The van der Waals surface area contributed by atoms with E-state index < -0.39 is 0 Å². The molecule has 1 N–H and O–H groups in total. The normalized spacial score (nSPS) is 10.6.